The van der Waals surface area contributed by atoms with Gasteiger partial charge in [0.25, 0.3) is 0 Å². The molecule has 1 aliphatic heterocycles. The highest BCUT2D eigenvalue weighted by Crippen LogP contribution is 2.32. The van der Waals surface area contributed by atoms with Crippen LogP contribution in [0.3, 0.4) is 0 Å². The molecule has 1 saturated heterocycles. The Hall–Kier alpha value is -0.360. The maximum atomic E-state index is 12.9. The summed E-state index contributed by atoms with van der Waals surface area (Å²) in [7, 11) is 0. The largest absolute Gasteiger partial charge is 0.319 e. The Morgan fingerprint density at radius 1 is 1.17 bits per heavy atom. The second-order valence-corrected chi connectivity index (χ2v) is 5.35. The van der Waals surface area contributed by atoms with Crippen LogP contribution in [0, 0.1) is 5.92 Å². The van der Waals surface area contributed by atoms with E-state index >= 15 is 0 Å². The zero-order chi connectivity index (χ0) is 13.2. The van der Waals surface area contributed by atoms with Gasteiger partial charge in [0.1, 0.15) is 0 Å². The molecule has 1 aliphatic carbocycles. The molecule has 0 aromatic rings. The van der Waals surface area contributed by atoms with Gasteiger partial charge in [-0.1, -0.05) is 6.42 Å². The van der Waals surface area contributed by atoms with E-state index in [4.69, 9.17) is 0 Å². The van der Waals surface area contributed by atoms with Gasteiger partial charge in [-0.3, -0.25) is 0 Å². The first-order valence-corrected chi connectivity index (χ1v) is 6.63. The summed E-state index contributed by atoms with van der Waals surface area (Å²) in [5, 5.41) is 6.03. The van der Waals surface area contributed by atoms with Crippen LogP contribution in [0.15, 0.2) is 0 Å². The Balaban J connectivity index is 1.84. The van der Waals surface area contributed by atoms with Gasteiger partial charge in [-0.05, 0) is 38.1 Å². The van der Waals surface area contributed by atoms with E-state index in [-0.39, 0.29) is 6.04 Å². The Bertz CT molecular complexity index is 267. The molecule has 2 rings (SSSR count). The molecular weight excluding hydrogens is 248 g/mol. The Labute approximate surface area is 105 Å². The molecule has 6 heteroatoms. The molecule has 1 saturated carbocycles. The molecule has 2 nitrogen and oxygen atoms in total. The minimum Gasteiger partial charge on any atom is -0.314 e. The minimum absolute atomic E-state index is 0.0507. The van der Waals surface area contributed by atoms with Gasteiger partial charge in [0.05, 0.1) is 6.54 Å². The predicted molar refractivity (Wildman–Crippen MR) is 61.1 cm³/mol. The van der Waals surface area contributed by atoms with Crippen molar-refractivity contribution in [1.82, 2.24) is 10.6 Å². The van der Waals surface area contributed by atoms with Crippen LogP contribution in [0.2, 0.25) is 0 Å². The lowest BCUT2D eigenvalue weighted by Gasteiger charge is -2.28. The summed E-state index contributed by atoms with van der Waals surface area (Å²) in [6.45, 7) is 0.0552. The molecule has 2 fully saturated rings. The fraction of sp³-hybridized carbons (Fsp3) is 1.00. The Morgan fingerprint density at radius 3 is 2.56 bits per heavy atom. The SMILES string of the molecule is FC(F)C(F)(F)CNC1CCCC1C1CCCN1. The maximum absolute atomic E-state index is 12.9. The van der Waals surface area contributed by atoms with E-state index in [0.29, 0.717) is 12.0 Å². The lowest BCUT2D eigenvalue weighted by molar-refractivity contribution is -0.126. The third-order valence-corrected chi connectivity index (χ3v) is 4.10. The third-order valence-electron chi connectivity index (χ3n) is 4.10. The number of rotatable bonds is 5. The average molecular weight is 268 g/mol. The van der Waals surface area contributed by atoms with Crippen molar-refractivity contribution in [3.05, 3.63) is 0 Å². The normalized spacial score (nSPS) is 33.5. The summed E-state index contributed by atoms with van der Waals surface area (Å²) in [6, 6.07) is 0.315. The second-order valence-electron chi connectivity index (χ2n) is 5.35. The zero-order valence-electron chi connectivity index (χ0n) is 10.3. The van der Waals surface area contributed by atoms with Crippen molar-refractivity contribution in [3.63, 3.8) is 0 Å². The van der Waals surface area contributed by atoms with Crippen molar-refractivity contribution in [2.45, 2.75) is 56.5 Å². The van der Waals surface area contributed by atoms with E-state index < -0.39 is 18.9 Å². The standard InChI is InChI=1S/C12H20F4N2/c13-11(14)12(15,16)7-18-10-4-1-3-8(10)9-5-2-6-17-9/h8-11,17-18H,1-7H2. The van der Waals surface area contributed by atoms with E-state index in [9.17, 15) is 17.6 Å². The van der Waals surface area contributed by atoms with Gasteiger partial charge >= 0.3 is 12.3 Å². The van der Waals surface area contributed by atoms with Gasteiger partial charge in [-0.15, -0.1) is 0 Å². The van der Waals surface area contributed by atoms with Crippen LogP contribution in [0.4, 0.5) is 17.6 Å². The van der Waals surface area contributed by atoms with Gasteiger partial charge in [0.2, 0.25) is 0 Å². The van der Waals surface area contributed by atoms with Crippen molar-refractivity contribution in [2.75, 3.05) is 13.1 Å². The van der Waals surface area contributed by atoms with Gasteiger partial charge in [0.15, 0.2) is 0 Å². The van der Waals surface area contributed by atoms with Crippen LogP contribution in [-0.4, -0.2) is 37.5 Å². The van der Waals surface area contributed by atoms with Crippen molar-refractivity contribution in [1.29, 1.82) is 0 Å². The van der Waals surface area contributed by atoms with Crippen molar-refractivity contribution in [3.8, 4) is 0 Å². The van der Waals surface area contributed by atoms with E-state index in [0.717, 1.165) is 38.6 Å². The lowest BCUT2D eigenvalue weighted by atomic mass is 9.93. The smallest absolute Gasteiger partial charge is 0.314 e. The highest BCUT2D eigenvalue weighted by Gasteiger charge is 2.42. The van der Waals surface area contributed by atoms with E-state index in [1.807, 2.05) is 0 Å². The molecule has 18 heavy (non-hydrogen) atoms. The minimum atomic E-state index is -3.92. The maximum Gasteiger partial charge on any atom is 0.319 e. The van der Waals surface area contributed by atoms with Crippen LogP contribution in [0.5, 0.6) is 0 Å². The topological polar surface area (TPSA) is 24.1 Å². The molecule has 0 spiro atoms. The third kappa shape index (κ3) is 3.15. The van der Waals surface area contributed by atoms with Crippen LogP contribution in [-0.2, 0) is 0 Å². The molecule has 2 aliphatic rings. The molecule has 2 N–H and O–H groups in total. The molecule has 3 unspecified atom stereocenters. The van der Waals surface area contributed by atoms with E-state index in [1.165, 1.54) is 0 Å². The summed E-state index contributed by atoms with van der Waals surface area (Å²) in [5.41, 5.74) is 0. The van der Waals surface area contributed by atoms with E-state index in [1.54, 1.807) is 0 Å². The van der Waals surface area contributed by atoms with Gasteiger partial charge in [0, 0.05) is 12.1 Å². The lowest BCUT2D eigenvalue weighted by Crippen LogP contribution is -2.47. The quantitative estimate of drug-likeness (QED) is 0.748. The number of alkyl halides is 4. The van der Waals surface area contributed by atoms with Crippen molar-refractivity contribution in [2.24, 2.45) is 5.92 Å². The first-order valence-electron chi connectivity index (χ1n) is 6.63. The fourth-order valence-electron chi connectivity index (χ4n) is 3.15. The first-order chi connectivity index (χ1) is 8.50. The Kier molecular flexibility index (Phi) is 4.48. The summed E-state index contributed by atoms with van der Waals surface area (Å²) in [6.07, 6.45) is 1.38. The summed E-state index contributed by atoms with van der Waals surface area (Å²) < 4.78 is 49.9. The zero-order valence-corrected chi connectivity index (χ0v) is 10.3. The van der Waals surface area contributed by atoms with Crippen LogP contribution in [0.1, 0.15) is 32.1 Å². The fourth-order valence-corrected chi connectivity index (χ4v) is 3.15. The molecule has 3 atom stereocenters. The molecule has 0 aromatic heterocycles. The number of hydrogen-bond acceptors (Lipinski definition) is 2. The monoisotopic (exact) mass is 268 g/mol. The number of hydrogen-bond donors (Lipinski definition) is 2. The van der Waals surface area contributed by atoms with Crippen LogP contribution < -0.4 is 10.6 Å². The molecular formula is C12H20F4N2. The second kappa shape index (κ2) is 5.74. The molecule has 0 bridgehead atoms. The molecule has 0 amide bonds. The highest BCUT2D eigenvalue weighted by molar-refractivity contribution is 4.94. The molecule has 0 aromatic carbocycles. The Morgan fingerprint density at radius 2 is 1.94 bits per heavy atom. The molecule has 106 valence electrons. The first kappa shape index (κ1) is 14.1. The van der Waals surface area contributed by atoms with Crippen LogP contribution >= 0.6 is 0 Å². The predicted octanol–water partition coefficient (Wildman–Crippen LogP) is 2.40. The van der Waals surface area contributed by atoms with Gasteiger partial charge < -0.3 is 10.6 Å². The van der Waals surface area contributed by atoms with Gasteiger partial charge in [-0.25, -0.2) is 8.78 Å². The summed E-state index contributed by atoms with van der Waals surface area (Å²) in [4.78, 5) is 0. The number of halogens is 4. The van der Waals surface area contributed by atoms with Crippen molar-refractivity contribution >= 4 is 0 Å². The van der Waals surface area contributed by atoms with Crippen LogP contribution in [0.25, 0.3) is 0 Å². The van der Waals surface area contributed by atoms with E-state index in [2.05, 4.69) is 10.6 Å². The van der Waals surface area contributed by atoms with Gasteiger partial charge in [-0.2, -0.15) is 8.78 Å². The summed E-state index contributed by atoms with van der Waals surface area (Å²) >= 11 is 0. The highest BCUT2D eigenvalue weighted by atomic mass is 19.3. The molecule has 0 radical (unpaired) electrons. The summed E-state index contributed by atoms with van der Waals surface area (Å²) in [5.74, 6) is -3.61. The van der Waals surface area contributed by atoms with Crippen molar-refractivity contribution < 1.29 is 17.6 Å². The molecule has 1 heterocycles. The average Bonchev–Trinajstić information content (AvgIpc) is 2.96. The number of nitrogens with one attached hydrogen (secondary N) is 2.